The highest BCUT2D eigenvalue weighted by Crippen LogP contribution is 2.11. The van der Waals surface area contributed by atoms with Crippen LogP contribution in [0, 0.1) is 0 Å². The Labute approximate surface area is 75.6 Å². The fourth-order valence-electron chi connectivity index (χ4n) is 0.998. The van der Waals surface area contributed by atoms with E-state index < -0.39 is 0 Å². The van der Waals surface area contributed by atoms with Gasteiger partial charge in [-0.05, 0) is 12.1 Å². The molecule has 0 spiro atoms. The predicted molar refractivity (Wildman–Crippen MR) is 46.9 cm³/mol. The standard InChI is InChI=1S/C9H9N3O/c1-2-8-11-9(12-13-8)7-5-3-4-6-10-7/h3-6H,2H2,1H3. The van der Waals surface area contributed by atoms with Gasteiger partial charge < -0.3 is 4.52 Å². The number of aryl methyl sites for hydroxylation is 1. The minimum Gasteiger partial charge on any atom is -0.339 e. The van der Waals surface area contributed by atoms with E-state index in [-0.39, 0.29) is 0 Å². The molecule has 0 unspecified atom stereocenters. The molecule has 0 N–H and O–H groups in total. The first kappa shape index (κ1) is 7.91. The van der Waals surface area contributed by atoms with Crippen LogP contribution in [0.3, 0.4) is 0 Å². The Morgan fingerprint density at radius 3 is 2.92 bits per heavy atom. The van der Waals surface area contributed by atoms with Crippen molar-refractivity contribution in [3.05, 3.63) is 30.3 Å². The molecule has 0 radical (unpaired) electrons. The van der Waals surface area contributed by atoms with Crippen LogP contribution >= 0.6 is 0 Å². The van der Waals surface area contributed by atoms with E-state index in [0.29, 0.717) is 11.7 Å². The molecule has 0 aliphatic heterocycles. The summed E-state index contributed by atoms with van der Waals surface area (Å²) in [6.45, 7) is 1.97. The topological polar surface area (TPSA) is 51.8 Å². The Kier molecular flexibility index (Phi) is 2.04. The van der Waals surface area contributed by atoms with Gasteiger partial charge in [0.05, 0.1) is 0 Å². The number of rotatable bonds is 2. The van der Waals surface area contributed by atoms with Gasteiger partial charge in [-0.15, -0.1) is 0 Å². The summed E-state index contributed by atoms with van der Waals surface area (Å²) in [6, 6.07) is 5.60. The molecule has 0 aliphatic rings. The van der Waals surface area contributed by atoms with Crippen LogP contribution in [0.4, 0.5) is 0 Å². The van der Waals surface area contributed by atoms with Crippen LogP contribution in [0.2, 0.25) is 0 Å². The maximum absolute atomic E-state index is 4.97. The lowest BCUT2D eigenvalue weighted by Crippen LogP contribution is -1.84. The first-order valence-electron chi connectivity index (χ1n) is 4.14. The second kappa shape index (κ2) is 3.35. The molecule has 0 saturated carbocycles. The third-order valence-corrected chi connectivity index (χ3v) is 1.66. The van der Waals surface area contributed by atoms with Crippen molar-refractivity contribution in [2.45, 2.75) is 13.3 Å². The normalized spacial score (nSPS) is 10.2. The second-order valence-electron chi connectivity index (χ2n) is 2.58. The number of aromatic nitrogens is 3. The van der Waals surface area contributed by atoms with Gasteiger partial charge in [0.15, 0.2) is 0 Å². The van der Waals surface area contributed by atoms with Crippen LogP contribution in [0.15, 0.2) is 28.9 Å². The maximum Gasteiger partial charge on any atom is 0.226 e. The predicted octanol–water partition coefficient (Wildman–Crippen LogP) is 1.69. The summed E-state index contributed by atoms with van der Waals surface area (Å²) in [5.74, 6) is 1.19. The van der Waals surface area contributed by atoms with Crippen LogP contribution in [-0.2, 0) is 6.42 Å². The third-order valence-electron chi connectivity index (χ3n) is 1.66. The summed E-state index contributed by atoms with van der Waals surface area (Å²) in [5.41, 5.74) is 0.742. The van der Waals surface area contributed by atoms with Crippen molar-refractivity contribution in [2.24, 2.45) is 0 Å². The lowest BCUT2D eigenvalue weighted by atomic mass is 10.3. The fourth-order valence-corrected chi connectivity index (χ4v) is 0.998. The summed E-state index contributed by atoms with van der Waals surface area (Å²) in [7, 11) is 0. The van der Waals surface area contributed by atoms with Crippen LogP contribution in [0.25, 0.3) is 11.5 Å². The molecular formula is C9H9N3O. The molecule has 2 rings (SSSR count). The first-order chi connectivity index (χ1) is 6.40. The monoisotopic (exact) mass is 175 g/mol. The van der Waals surface area contributed by atoms with Crippen molar-refractivity contribution in [3.8, 4) is 11.5 Å². The molecule has 0 fully saturated rings. The summed E-state index contributed by atoms with van der Waals surface area (Å²) in [4.78, 5) is 8.27. The van der Waals surface area contributed by atoms with Gasteiger partial charge in [0.2, 0.25) is 11.7 Å². The minimum atomic E-state index is 0.553. The Morgan fingerprint density at radius 1 is 1.38 bits per heavy atom. The van der Waals surface area contributed by atoms with Crippen molar-refractivity contribution in [3.63, 3.8) is 0 Å². The SMILES string of the molecule is CCc1nc(-c2ccccn2)no1. The number of hydrogen-bond donors (Lipinski definition) is 0. The van der Waals surface area contributed by atoms with Crippen molar-refractivity contribution in [1.82, 2.24) is 15.1 Å². The van der Waals surface area contributed by atoms with Gasteiger partial charge in [-0.25, -0.2) is 0 Å². The highest BCUT2D eigenvalue weighted by Gasteiger charge is 2.06. The van der Waals surface area contributed by atoms with Crippen molar-refractivity contribution in [1.29, 1.82) is 0 Å². The summed E-state index contributed by atoms with van der Waals surface area (Å²) in [6.07, 6.45) is 2.46. The lowest BCUT2D eigenvalue weighted by Gasteiger charge is -1.88. The number of nitrogens with zero attached hydrogens (tertiary/aromatic N) is 3. The van der Waals surface area contributed by atoms with E-state index >= 15 is 0 Å². The van der Waals surface area contributed by atoms with E-state index in [4.69, 9.17) is 4.52 Å². The first-order valence-corrected chi connectivity index (χ1v) is 4.14. The van der Waals surface area contributed by atoms with Crippen molar-refractivity contribution in [2.75, 3.05) is 0 Å². The van der Waals surface area contributed by atoms with E-state index in [2.05, 4.69) is 15.1 Å². The van der Waals surface area contributed by atoms with Gasteiger partial charge in [0, 0.05) is 12.6 Å². The highest BCUT2D eigenvalue weighted by molar-refractivity contribution is 5.46. The van der Waals surface area contributed by atoms with E-state index in [1.165, 1.54) is 0 Å². The maximum atomic E-state index is 4.97. The summed E-state index contributed by atoms with van der Waals surface area (Å²) in [5, 5.41) is 3.81. The molecule has 2 heterocycles. The smallest absolute Gasteiger partial charge is 0.226 e. The Hall–Kier alpha value is -1.71. The molecular weight excluding hydrogens is 166 g/mol. The van der Waals surface area contributed by atoms with E-state index in [1.54, 1.807) is 6.20 Å². The highest BCUT2D eigenvalue weighted by atomic mass is 16.5. The fraction of sp³-hybridized carbons (Fsp3) is 0.222. The zero-order valence-electron chi connectivity index (χ0n) is 7.27. The van der Waals surface area contributed by atoms with Gasteiger partial charge in [-0.3, -0.25) is 4.98 Å². The van der Waals surface area contributed by atoms with Crippen LogP contribution in [-0.4, -0.2) is 15.1 Å². The Morgan fingerprint density at radius 2 is 2.31 bits per heavy atom. The summed E-state index contributed by atoms with van der Waals surface area (Å²) < 4.78 is 4.97. The van der Waals surface area contributed by atoms with Crippen molar-refractivity contribution >= 4 is 0 Å². The van der Waals surface area contributed by atoms with Gasteiger partial charge in [0.25, 0.3) is 0 Å². The van der Waals surface area contributed by atoms with Crippen LogP contribution in [0.5, 0.6) is 0 Å². The molecule has 0 aliphatic carbocycles. The average Bonchev–Trinajstić information content (AvgIpc) is 2.67. The Balaban J connectivity index is 2.36. The third kappa shape index (κ3) is 1.56. The van der Waals surface area contributed by atoms with Gasteiger partial charge in [-0.2, -0.15) is 4.98 Å². The largest absolute Gasteiger partial charge is 0.339 e. The molecule has 2 aromatic heterocycles. The number of pyridine rings is 1. The van der Waals surface area contributed by atoms with Crippen LogP contribution in [0.1, 0.15) is 12.8 Å². The van der Waals surface area contributed by atoms with E-state index in [0.717, 1.165) is 12.1 Å². The molecule has 0 bridgehead atoms. The zero-order chi connectivity index (χ0) is 9.10. The second-order valence-corrected chi connectivity index (χ2v) is 2.58. The molecule has 2 aromatic rings. The van der Waals surface area contributed by atoms with Crippen LogP contribution < -0.4 is 0 Å². The quantitative estimate of drug-likeness (QED) is 0.697. The average molecular weight is 175 g/mol. The Bertz CT molecular complexity index is 383. The minimum absolute atomic E-state index is 0.553. The number of hydrogen-bond acceptors (Lipinski definition) is 4. The molecule has 0 atom stereocenters. The van der Waals surface area contributed by atoms with E-state index in [9.17, 15) is 0 Å². The van der Waals surface area contributed by atoms with Crippen molar-refractivity contribution < 1.29 is 4.52 Å². The molecule has 4 heteroatoms. The van der Waals surface area contributed by atoms with Gasteiger partial charge in [0.1, 0.15) is 5.69 Å². The molecule has 0 saturated heterocycles. The molecule has 0 amide bonds. The van der Waals surface area contributed by atoms with Gasteiger partial charge in [-0.1, -0.05) is 18.1 Å². The zero-order valence-corrected chi connectivity index (χ0v) is 7.27. The summed E-state index contributed by atoms with van der Waals surface area (Å²) >= 11 is 0. The van der Waals surface area contributed by atoms with Gasteiger partial charge >= 0.3 is 0 Å². The molecule has 66 valence electrons. The van der Waals surface area contributed by atoms with E-state index in [1.807, 2.05) is 25.1 Å². The molecule has 0 aromatic carbocycles. The molecule has 4 nitrogen and oxygen atoms in total. The lowest BCUT2D eigenvalue weighted by molar-refractivity contribution is 0.382. The molecule has 13 heavy (non-hydrogen) atoms.